The lowest BCUT2D eigenvalue weighted by atomic mass is 10.1. The Morgan fingerprint density at radius 2 is 2.07 bits per heavy atom. The van der Waals surface area contributed by atoms with E-state index in [0.29, 0.717) is 6.42 Å². The van der Waals surface area contributed by atoms with Crippen LogP contribution in [0.25, 0.3) is 17.2 Å². The lowest BCUT2D eigenvalue weighted by molar-refractivity contribution is -0.117. The summed E-state index contributed by atoms with van der Waals surface area (Å²) < 4.78 is 4.16. The van der Waals surface area contributed by atoms with Crippen molar-refractivity contribution in [1.82, 2.24) is 24.6 Å². The number of hydrogen-bond donors (Lipinski definition) is 1. The van der Waals surface area contributed by atoms with Crippen LogP contribution in [0.2, 0.25) is 0 Å². The Balaban J connectivity index is 1.55. The standard InChI is InChI=1S/C21H24N6O/c1-15-5-6-16(25-9-2-4-20(25)28)13-19(15)26-11-8-23-21(26)18-12-17-14-22-7-3-10-27(17)24-18/h5-6,8,11-13,22H,2-4,7,9-10,14H2,1H3. The van der Waals surface area contributed by atoms with Gasteiger partial charge in [-0.05, 0) is 50.1 Å². The fourth-order valence-electron chi connectivity index (χ4n) is 4.10. The number of nitrogens with zero attached hydrogens (tertiary/aromatic N) is 5. The van der Waals surface area contributed by atoms with Crippen LogP contribution in [0.5, 0.6) is 0 Å². The summed E-state index contributed by atoms with van der Waals surface area (Å²) in [7, 11) is 0. The number of rotatable bonds is 3. The molecule has 2 aliphatic rings. The van der Waals surface area contributed by atoms with Crippen molar-refractivity contribution in [2.24, 2.45) is 0 Å². The van der Waals surface area contributed by atoms with E-state index in [1.165, 1.54) is 5.69 Å². The molecular formula is C21H24N6O. The van der Waals surface area contributed by atoms with Crippen molar-refractivity contribution < 1.29 is 4.79 Å². The predicted molar refractivity (Wildman–Crippen MR) is 107 cm³/mol. The number of carbonyl (C=O) groups excluding carboxylic acids is 1. The van der Waals surface area contributed by atoms with E-state index >= 15 is 0 Å². The van der Waals surface area contributed by atoms with Gasteiger partial charge in [-0.15, -0.1) is 0 Å². The molecule has 0 radical (unpaired) electrons. The maximum atomic E-state index is 12.2. The van der Waals surface area contributed by atoms with Gasteiger partial charge >= 0.3 is 0 Å². The molecule has 2 aliphatic heterocycles. The lowest BCUT2D eigenvalue weighted by Gasteiger charge is -2.18. The maximum Gasteiger partial charge on any atom is 0.227 e. The van der Waals surface area contributed by atoms with Crippen molar-refractivity contribution in [2.75, 3.05) is 18.0 Å². The number of anilines is 1. The van der Waals surface area contributed by atoms with Crippen LogP contribution < -0.4 is 10.2 Å². The number of fused-ring (bicyclic) bond motifs is 1. The summed E-state index contributed by atoms with van der Waals surface area (Å²) in [5.41, 5.74) is 5.19. The quantitative estimate of drug-likeness (QED) is 0.763. The molecule has 3 aromatic rings. The first-order valence-corrected chi connectivity index (χ1v) is 9.93. The Morgan fingerprint density at radius 3 is 2.93 bits per heavy atom. The molecule has 2 aromatic heterocycles. The third-order valence-electron chi connectivity index (χ3n) is 5.60. The van der Waals surface area contributed by atoms with Crippen LogP contribution in [0.15, 0.2) is 36.7 Å². The molecule has 1 N–H and O–H groups in total. The lowest BCUT2D eigenvalue weighted by Crippen LogP contribution is -2.23. The van der Waals surface area contributed by atoms with E-state index in [-0.39, 0.29) is 5.91 Å². The zero-order chi connectivity index (χ0) is 19.1. The number of nitrogens with one attached hydrogen (secondary N) is 1. The first-order valence-electron chi connectivity index (χ1n) is 9.93. The van der Waals surface area contributed by atoms with Gasteiger partial charge in [-0.1, -0.05) is 6.07 Å². The first kappa shape index (κ1) is 17.2. The number of benzene rings is 1. The number of hydrogen-bond acceptors (Lipinski definition) is 4. The van der Waals surface area contributed by atoms with Gasteiger partial charge in [-0.3, -0.25) is 14.0 Å². The number of aryl methyl sites for hydroxylation is 2. The molecule has 1 fully saturated rings. The summed E-state index contributed by atoms with van der Waals surface area (Å²) in [6.45, 7) is 5.66. The van der Waals surface area contributed by atoms with Crippen LogP contribution in [0, 0.1) is 6.92 Å². The highest BCUT2D eigenvalue weighted by Crippen LogP contribution is 2.29. The smallest absolute Gasteiger partial charge is 0.227 e. The van der Waals surface area contributed by atoms with Crippen molar-refractivity contribution in [2.45, 2.75) is 39.3 Å². The molecule has 144 valence electrons. The molecule has 0 atom stereocenters. The highest BCUT2D eigenvalue weighted by molar-refractivity contribution is 5.95. The molecule has 7 heteroatoms. The largest absolute Gasteiger partial charge is 0.312 e. The molecule has 0 bridgehead atoms. The van der Waals surface area contributed by atoms with Crippen LogP contribution in [0.1, 0.15) is 30.5 Å². The van der Waals surface area contributed by atoms with Crippen molar-refractivity contribution in [3.8, 4) is 17.2 Å². The molecule has 28 heavy (non-hydrogen) atoms. The summed E-state index contributed by atoms with van der Waals surface area (Å²) in [5.74, 6) is 1.03. The SMILES string of the molecule is Cc1ccc(N2CCCC2=O)cc1-n1ccnc1-c1cc2n(n1)CCCNC2. The summed E-state index contributed by atoms with van der Waals surface area (Å²) >= 11 is 0. The van der Waals surface area contributed by atoms with Gasteiger partial charge < -0.3 is 10.2 Å². The molecule has 1 amide bonds. The summed E-state index contributed by atoms with van der Waals surface area (Å²) in [4.78, 5) is 18.7. The average Bonchev–Trinajstić information content (AvgIpc) is 3.40. The highest BCUT2D eigenvalue weighted by Gasteiger charge is 2.23. The van der Waals surface area contributed by atoms with E-state index < -0.39 is 0 Å². The normalized spacial score (nSPS) is 17.0. The van der Waals surface area contributed by atoms with Gasteiger partial charge in [0.1, 0.15) is 5.69 Å². The second-order valence-corrected chi connectivity index (χ2v) is 7.51. The van der Waals surface area contributed by atoms with Crippen LogP contribution in [-0.4, -0.2) is 38.3 Å². The topological polar surface area (TPSA) is 68.0 Å². The van der Waals surface area contributed by atoms with E-state index in [2.05, 4.69) is 44.7 Å². The minimum Gasteiger partial charge on any atom is -0.312 e. The fourth-order valence-corrected chi connectivity index (χ4v) is 4.10. The summed E-state index contributed by atoms with van der Waals surface area (Å²) in [5, 5.41) is 8.24. The number of imidazole rings is 1. The van der Waals surface area contributed by atoms with Crippen molar-refractivity contribution in [1.29, 1.82) is 0 Å². The van der Waals surface area contributed by atoms with Crippen LogP contribution >= 0.6 is 0 Å². The van der Waals surface area contributed by atoms with Crippen molar-refractivity contribution in [3.63, 3.8) is 0 Å². The number of aromatic nitrogens is 4. The minimum absolute atomic E-state index is 0.200. The molecule has 1 aromatic carbocycles. The highest BCUT2D eigenvalue weighted by atomic mass is 16.2. The predicted octanol–water partition coefficient (Wildman–Crippen LogP) is 2.66. The Kier molecular flexibility index (Phi) is 4.24. The number of carbonyl (C=O) groups is 1. The molecule has 7 nitrogen and oxygen atoms in total. The van der Waals surface area contributed by atoms with Gasteiger partial charge in [-0.2, -0.15) is 5.10 Å². The summed E-state index contributed by atoms with van der Waals surface area (Å²) in [6, 6.07) is 8.32. The van der Waals surface area contributed by atoms with Crippen LogP contribution in [0.4, 0.5) is 5.69 Å². The molecule has 4 heterocycles. The third kappa shape index (κ3) is 2.92. The Morgan fingerprint density at radius 1 is 1.14 bits per heavy atom. The van der Waals surface area contributed by atoms with E-state index in [1.807, 2.05) is 23.4 Å². The van der Waals surface area contributed by atoms with Gasteiger partial charge in [0.2, 0.25) is 5.91 Å². The van der Waals surface area contributed by atoms with Crippen molar-refractivity contribution >= 4 is 11.6 Å². The van der Waals surface area contributed by atoms with Gasteiger partial charge in [0, 0.05) is 44.1 Å². The van der Waals surface area contributed by atoms with Gasteiger partial charge in [0.15, 0.2) is 5.82 Å². The monoisotopic (exact) mass is 376 g/mol. The molecule has 0 unspecified atom stereocenters. The van der Waals surface area contributed by atoms with E-state index in [9.17, 15) is 4.79 Å². The molecule has 1 saturated heterocycles. The molecule has 0 saturated carbocycles. The Hall–Kier alpha value is -2.93. The number of amides is 1. The molecular weight excluding hydrogens is 352 g/mol. The minimum atomic E-state index is 0.200. The van der Waals surface area contributed by atoms with Gasteiger partial charge in [0.05, 0.1) is 11.4 Å². The third-order valence-corrected chi connectivity index (χ3v) is 5.60. The van der Waals surface area contributed by atoms with Crippen LogP contribution in [0.3, 0.4) is 0 Å². The van der Waals surface area contributed by atoms with Gasteiger partial charge in [-0.25, -0.2) is 4.98 Å². The fraction of sp³-hybridized carbons (Fsp3) is 0.381. The van der Waals surface area contributed by atoms with Gasteiger partial charge in [0.25, 0.3) is 0 Å². The molecule has 0 spiro atoms. The average molecular weight is 376 g/mol. The van der Waals surface area contributed by atoms with E-state index in [0.717, 1.165) is 67.5 Å². The molecule has 5 rings (SSSR count). The van der Waals surface area contributed by atoms with Crippen molar-refractivity contribution in [3.05, 3.63) is 47.9 Å². The second kappa shape index (κ2) is 6.91. The van der Waals surface area contributed by atoms with E-state index in [4.69, 9.17) is 5.10 Å². The van der Waals surface area contributed by atoms with Crippen LogP contribution in [-0.2, 0) is 17.9 Å². The zero-order valence-corrected chi connectivity index (χ0v) is 16.1. The Bertz CT molecular complexity index is 1010. The second-order valence-electron chi connectivity index (χ2n) is 7.51. The maximum absolute atomic E-state index is 12.2. The first-order chi connectivity index (χ1) is 13.7. The Labute approximate surface area is 164 Å². The van der Waals surface area contributed by atoms with E-state index in [1.54, 1.807) is 0 Å². The summed E-state index contributed by atoms with van der Waals surface area (Å²) in [6.07, 6.45) is 6.41. The molecule has 0 aliphatic carbocycles. The zero-order valence-electron chi connectivity index (χ0n) is 16.1.